The standard InChI is InChI=1S/C27H30N4O3/c1-3-5-12-18-34-27(33)22-23-25(29-21-16-11-10-15-20(21)28-23)31(17-6-4-2)24(22)30-26(32)19-13-8-7-9-14-19/h7-11,13-16H,3-6,12,17-18H2,1-2H3,(H,30,32). The van der Waals surface area contributed by atoms with E-state index in [1.165, 1.54) is 0 Å². The number of aryl methyl sites for hydroxylation is 1. The number of benzene rings is 2. The van der Waals surface area contributed by atoms with Gasteiger partial charge in [-0.2, -0.15) is 0 Å². The molecule has 4 aromatic rings. The zero-order valence-electron chi connectivity index (χ0n) is 19.7. The highest BCUT2D eigenvalue weighted by molar-refractivity contribution is 6.13. The Hall–Kier alpha value is -3.74. The number of nitrogens with one attached hydrogen (secondary N) is 1. The number of fused-ring (bicyclic) bond motifs is 2. The quantitative estimate of drug-likeness (QED) is 0.233. The van der Waals surface area contributed by atoms with Crippen molar-refractivity contribution in [2.75, 3.05) is 11.9 Å². The van der Waals surface area contributed by atoms with Crippen molar-refractivity contribution in [2.45, 2.75) is 52.5 Å². The molecule has 7 nitrogen and oxygen atoms in total. The molecule has 176 valence electrons. The lowest BCUT2D eigenvalue weighted by Crippen LogP contribution is -2.18. The lowest BCUT2D eigenvalue weighted by atomic mass is 10.2. The molecule has 0 atom stereocenters. The molecule has 0 radical (unpaired) electrons. The first-order valence-corrected chi connectivity index (χ1v) is 12.0. The Balaban J connectivity index is 1.86. The first-order chi connectivity index (χ1) is 16.6. The lowest BCUT2D eigenvalue weighted by molar-refractivity contribution is 0.0501. The molecular weight excluding hydrogens is 428 g/mol. The van der Waals surface area contributed by atoms with Gasteiger partial charge < -0.3 is 14.6 Å². The van der Waals surface area contributed by atoms with Crippen molar-refractivity contribution in [3.8, 4) is 0 Å². The summed E-state index contributed by atoms with van der Waals surface area (Å²) in [6, 6.07) is 16.5. The average Bonchev–Trinajstić information content (AvgIpc) is 3.15. The molecule has 0 saturated carbocycles. The van der Waals surface area contributed by atoms with E-state index in [0.29, 0.717) is 41.2 Å². The summed E-state index contributed by atoms with van der Waals surface area (Å²) in [5, 5.41) is 2.97. The fourth-order valence-electron chi connectivity index (χ4n) is 3.92. The largest absolute Gasteiger partial charge is 0.462 e. The highest BCUT2D eigenvalue weighted by atomic mass is 16.5. The Labute approximate surface area is 199 Å². The van der Waals surface area contributed by atoms with Crippen LogP contribution in [0.4, 0.5) is 5.82 Å². The summed E-state index contributed by atoms with van der Waals surface area (Å²) in [4.78, 5) is 36.0. The van der Waals surface area contributed by atoms with E-state index in [4.69, 9.17) is 14.7 Å². The predicted molar refractivity (Wildman–Crippen MR) is 134 cm³/mol. The minimum Gasteiger partial charge on any atom is -0.462 e. The van der Waals surface area contributed by atoms with Crippen molar-refractivity contribution >= 4 is 39.9 Å². The van der Waals surface area contributed by atoms with Gasteiger partial charge in [0.2, 0.25) is 0 Å². The van der Waals surface area contributed by atoms with Crippen LogP contribution in [0.1, 0.15) is 66.7 Å². The SMILES string of the molecule is CCCCCOC(=O)c1c(NC(=O)c2ccccc2)n(CCCC)c2nc3ccccc3nc12. The molecule has 0 saturated heterocycles. The van der Waals surface area contributed by atoms with Gasteiger partial charge in [-0.15, -0.1) is 0 Å². The number of para-hydroxylation sites is 2. The number of amides is 1. The number of hydrogen-bond donors (Lipinski definition) is 1. The molecule has 0 aliphatic carbocycles. The Bertz CT molecular complexity index is 1300. The van der Waals surface area contributed by atoms with Crippen molar-refractivity contribution in [3.05, 3.63) is 65.7 Å². The zero-order valence-corrected chi connectivity index (χ0v) is 19.7. The molecule has 0 spiro atoms. The van der Waals surface area contributed by atoms with Crippen LogP contribution in [0, 0.1) is 0 Å². The highest BCUT2D eigenvalue weighted by Gasteiger charge is 2.28. The Morgan fingerprint density at radius 2 is 1.56 bits per heavy atom. The molecule has 4 rings (SSSR count). The maximum atomic E-state index is 13.3. The number of rotatable bonds is 10. The van der Waals surface area contributed by atoms with Crippen LogP contribution in [0.2, 0.25) is 0 Å². The van der Waals surface area contributed by atoms with Crippen LogP contribution >= 0.6 is 0 Å². The van der Waals surface area contributed by atoms with E-state index in [-0.39, 0.29) is 11.5 Å². The van der Waals surface area contributed by atoms with Crippen molar-refractivity contribution in [3.63, 3.8) is 0 Å². The average molecular weight is 459 g/mol. The fraction of sp³-hybridized carbons (Fsp3) is 0.333. The summed E-state index contributed by atoms with van der Waals surface area (Å²) in [6.07, 6.45) is 4.61. The van der Waals surface area contributed by atoms with Crippen molar-refractivity contribution in [1.29, 1.82) is 0 Å². The Morgan fingerprint density at radius 1 is 0.882 bits per heavy atom. The number of aromatic nitrogens is 3. The topological polar surface area (TPSA) is 86.1 Å². The summed E-state index contributed by atoms with van der Waals surface area (Å²) in [7, 11) is 0. The van der Waals surface area contributed by atoms with Gasteiger partial charge in [-0.25, -0.2) is 14.8 Å². The second-order valence-corrected chi connectivity index (χ2v) is 8.28. The number of ether oxygens (including phenoxy) is 1. The molecule has 0 unspecified atom stereocenters. The molecule has 34 heavy (non-hydrogen) atoms. The third-order valence-corrected chi connectivity index (χ3v) is 5.74. The maximum absolute atomic E-state index is 13.3. The van der Waals surface area contributed by atoms with Gasteiger partial charge >= 0.3 is 5.97 Å². The Kier molecular flexibility index (Phi) is 7.52. The van der Waals surface area contributed by atoms with Crippen molar-refractivity contribution in [2.24, 2.45) is 0 Å². The molecule has 1 N–H and O–H groups in total. The first-order valence-electron chi connectivity index (χ1n) is 12.0. The van der Waals surface area contributed by atoms with Gasteiger partial charge in [0.25, 0.3) is 5.91 Å². The van der Waals surface area contributed by atoms with Gasteiger partial charge in [-0.05, 0) is 37.1 Å². The van der Waals surface area contributed by atoms with Gasteiger partial charge in [0, 0.05) is 12.1 Å². The normalized spacial score (nSPS) is 11.1. The number of anilines is 1. The van der Waals surface area contributed by atoms with Crippen molar-refractivity contribution < 1.29 is 14.3 Å². The van der Waals surface area contributed by atoms with Gasteiger partial charge in [-0.3, -0.25) is 4.79 Å². The van der Waals surface area contributed by atoms with Crippen LogP contribution in [-0.4, -0.2) is 33.0 Å². The minimum atomic E-state index is -0.496. The van der Waals surface area contributed by atoms with Crippen LogP contribution in [0.3, 0.4) is 0 Å². The number of esters is 1. The second-order valence-electron chi connectivity index (χ2n) is 8.28. The molecule has 0 fully saturated rings. The smallest absolute Gasteiger partial charge is 0.344 e. The molecule has 0 aliphatic rings. The van der Waals surface area contributed by atoms with E-state index >= 15 is 0 Å². The van der Waals surface area contributed by atoms with Gasteiger partial charge in [0.1, 0.15) is 16.9 Å². The van der Waals surface area contributed by atoms with Crippen LogP contribution in [0.5, 0.6) is 0 Å². The van der Waals surface area contributed by atoms with Crippen LogP contribution in [0.25, 0.3) is 22.2 Å². The summed E-state index contributed by atoms with van der Waals surface area (Å²) >= 11 is 0. The number of carbonyl (C=O) groups excluding carboxylic acids is 2. The molecule has 1 amide bonds. The monoisotopic (exact) mass is 458 g/mol. The molecule has 2 aromatic carbocycles. The van der Waals surface area contributed by atoms with Gasteiger partial charge in [-0.1, -0.05) is 63.4 Å². The fourth-order valence-corrected chi connectivity index (χ4v) is 3.92. The highest BCUT2D eigenvalue weighted by Crippen LogP contribution is 2.31. The summed E-state index contributed by atoms with van der Waals surface area (Å²) in [6.45, 7) is 5.11. The minimum absolute atomic E-state index is 0.255. The van der Waals surface area contributed by atoms with Crippen molar-refractivity contribution in [1.82, 2.24) is 14.5 Å². The van der Waals surface area contributed by atoms with Crippen LogP contribution in [-0.2, 0) is 11.3 Å². The number of carbonyl (C=O) groups is 2. The zero-order chi connectivity index (χ0) is 23.9. The van der Waals surface area contributed by atoms with E-state index in [1.54, 1.807) is 24.3 Å². The third-order valence-electron chi connectivity index (χ3n) is 5.74. The van der Waals surface area contributed by atoms with E-state index < -0.39 is 5.97 Å². The molecule has 0 aliphatic heterocycles. The van der Waals surface area contributed by atoms with E-state index in [0.717, 1.165) is 37.6 Å². The second kappa shape index (κ2) is 10.9. The third kappa shape index (κ3) is 4.93. The maximum Gasteiger partial charge on any atom is 0.344 e. The predicted octanol–water partition coefficient (Wildman–Crippen LogP) is 5.98. The number of unbranched alkanes of at least 4 members (excludes halogenated alkanes) is 3. The Morgan fingerprint density at radius 3 is 2.26 bits per heavy atom. The van der Waals surface area contributed by atoms with E-state index in [2.05, 4.69) is 19.2 Å². The van der Waals surface area contributed by atoms with Crippen LogP contribution in [0.15, 0.2) is 54.6 Å². The molecule has 2 aromatic heterocycles. The van der Waals surface area contributed by atoms with Gasteiger partial charge in [0.05, 0.1) is 17.6 Å². The summed E-state index contributed by atoms with van der Waals surface area (Å²) < 4.78 is 7.52. The molecule has 0 bridgehead atoms. The summed E-state index contributed by atoms with van der Waals surface area (Å²) in [5.41, 5.74) is 3.18. The summed E-state index contributed by atoms with van der Waals surface area (Å²) in [5.74, 6) is -0.414. The van der Waals surface area contributed by atoms with E-state index in [1.807, 2.05) is 34.9 Å². The lowest BCUT2D eigenvalue weighted by Gasteiger charge is -2.13. The van der Waals surface area contributed by atoms with Crippen LogP contribution < -0.4 is 5.32 Å². The molecule has 7 heteroatoms. The molecular formula is C27H30N4O3. The number of hydrogen-bond acceptors (Lipinski definition) is 5. The molecule has 2 heterocycles. The van der Waals surface area contributed by atoms with E-state index in [9.17, 15) is 9.59 Å². The van der Waals surface area contributed by atoms with Gasteiger partial charge in [0.15, 0.2) is 5.65 Å². The first kappa shape index (κ1) is 23.4. The number of nitrogens with zero attached hydrogens (tertiary/aromatic N) is 3.